The van der Waals surface area contributed by atoms with Crippen molar-refractivity contribution >= 4 is 5.97 Å². The lowest BCUT2D eigenvalue weighted by molar-refractivity contribution is 0.0692. The fourth-order valence-electron chi connectivity index (χ4n) is 1.82. The summed E-state index contributed by atoms with van der Waals surface area (Å²) in [6.07, 6.45) is 0. The van der Waals surface area contributed by atoms with Crippen molar-refractivity contribution in [2.45, 2.75) is 6.92 Å². The highest BCUT2D eigenvalue weighted by Gasteiger charge is 2.15. The van der Waals surface area contributed by atoms with Crippen molar-refractivity contribution in [1.82, 2.24) is 0 Å². The summed E-state index contributed by atoms with van der Waals surface area (Å²) in [4.78, 5) is 10.8. The molecule has 0 bridgehead atoms. The first kappa shape index (κ1) is 13.1. The van der Waals surface area contributed by atoms with E-state index in [4.69, 9.17) is 5.11 Å². The molecule has 2 nitrogen and oxygen atoms in total. The molecule has 19 heavy (non-hydrogen) atoms. The van der Waals surface area contributed by atoms with Crippen LogP contribution in [0.15, 0.2) is 30.3 Å². The monoisotopic (exact) mass is 266 g/mol. The number of hydrogen-bond donors (Lipinski definition) is 1. The largest absolute Gasteiger partial charge is 0.478 e. The van der Waals surface area contributed by atoms with Crippen LogP contribution in [0, 0.1) is 24.4 Å². The number of aromatic carboxylic acids is 1. The number of aryl methyl sites for hydroxylation is 1. The molecule has 2 aromatic carbocycles. The molecule has 0 unspecified atom stereocenters. The Balaban J connectivity index is 2.60. The van der Waals surface area contributed by atoms with Crippen LogP contribution in [-0.4, -0.2) is 11.1 Å². The molecule has 0 amide bonds. The van der Waals surface area contributed by atoms with Crippen molar-refractivity contribution in [2.75, 3.05) is 0 Å². The fraction of sp³-hybridized carbons (Fsp3) is 0.0714. The van der Waals surface area contributed by atoms with Crippen LogP contribution in [0.3, 0.4) is 0 Å². The molecule has 0 saturated carbocycles. The van der Waals surface area contributed by atoms with Crippen LogP contribution in [0.4, 0.5) is 13.2 Å². The maximum absolute atomic E-state index is 13.6. The van der Waals surface area contributed by atoms with Gasteiger partial charge in [0, 0.05) is 0 Å². The normalized spacial score (nSPS) is 10.5. The number of rotatable bonds is 2. The summed E-state index contributed by atoms with van der Waals surface area (Å²) in [6, 6.07) is 5.35. The standard InChI is InChI=1S/C14H9F3O2/c1-7-4-10(14(18)19)12(16)6-9(7)8-2-3-11(15)13(17)5-8/h2-6H,1H3,(H,18,19). The topological polar surface area (TPSA) is 37.3 Å². The highest BCUT2D eigenvalue weighted by atomic mass is 19.2. The van der Waals surface area contributed by atoms with E-state index in [1.54, 1.807) is 6.92 Å². The van der Waals surface area contributed by atoms with Crippen molar-refractivity contribution < 1.29 is 23.1 Å². The maximum atomic E-state index is 13.6. The highest BCUT2D eigenvalue weighted by molar-refractivity contribution is 5.89. The zero-order valence-electron chi connectivity index (χ0n) is 9.88. The second-order valence-electron chi connectivity index (χ2n) is 4.08. The number of benzene rings is 2. The molecule has 0 fully saturated rings. The molecule has 0 heterocycles. The lowest BCUT2D eigenvalue weighted by Crippen LogP contribution is -2.02. The molecule has 0 saturated heterocycles. The Morgan fingerprint density at radius 1 is 1.00 bits per heavy atom. The molecule has 0 aliphatic heterocycles. The van der Waals surface area contributed by atoms with Crippen LogP contribution in [0.1, 0.15) is 15.9 Å². The Kier molecular flexibility index (Phi) is 3.29. The Hall–Kier alpha value is -2.30. The number of halogens is 3. The van der Waals surface area contributed by atoms with Gasteiger partial charge < -0.3 is 5.11 Å². The summed E-state index contributed by atoms with van der Waals surface area (Å²) in [6.45, 7) is 1.57. The zero-order valence-corrected chi connectivity index (χ0v) is 9.88. The molecule has 0 atom stereocenters. The van der Waals surface area contributed by atoms with Crippen LogP contribution in [0.25, 0.3) is 11.1 Å². The lowest BCUT2D eigenvalue weighted by atomic mass is 9.98. The van der Waals surface area contributed by atoms with Gasteiger partial charge in [0.2, 0.25) is 0 Å². The van der Waals surface area contributed by atoms with E-state index in [0.29, 0.717) is 11.1 Å². The molecular weight excluding hydrogens is 257 g/mol. The number of carbonyl (C=O) groups is 1. The maximum Gasteiger partial charge on any atom is 0.338 e. The van der Waals surface area contributed by atoms with Gasteiger partial charge in [-0.25, -0.2) is 18.0 Å². The van der Waals surface area contributed by atoms with E-state index in [-0.39, 0.29) is 5.56 Å². The summed E-state index contributed by atoms with van der Waals surface area (Å²) < 4.78 is 39.6. The van der Waals surface area contributed by atoms with E-state index in [0.717, 1.165) is 24.3 Å². The van der Waals surface area contributed by atoms with Crippen molar-refractivity contribution in [3.8, 4) is 11.1 Å². The Morgan fingerprint density at radius 3 is 2.26 bits per heavy atom. The molecule has 1 N–H and O–H groups in total. The van der Waals surface area contributed by atoms with Crippen molar-refractivity contribution in [3.63, 3.8) is 0 Å². The van der Waals surface area contributed by atoms with E-state index in [1.165, 1.54) is 6.07 Å². The number of carboxylic acids is 1. The van der Waals surface area contributed by atoms with Crippen LogP contribution in [-0.2, 0) is 0 Å². The van der Waals surface area contributed by atoms with Crippen molar-refractivity contribution in [2.24, 2.45) is 0 Å². The third-order valence-electron chi connectivity index (χ3n) is 2.78. The molecule has 2 aromatic rings. The first-order chi connectivity index (χ1) is 8.90. The van der Waals surface area contributed by atoms with E-state index in [1.807, 2.05) is 0 Å². The van der Waals surface area contributed by atoms with Gasteiger partial charge in [-0.05, 0) is 47.9 Å². The number of hydrogen-bond acceptors (Lipinski definition) is 1. The first-order valence-electron chi connectivity index (χ1n) is 5.39. The molecule has 0 spiro atoms. The predicted octanol–water partition coefficient (Wildman–Crippen LogP) is 3.78. The van der Waals surface area contributed by atoms with Gasteiger partial charge in [0.25, 0.3) is 0 Å². The average molecular weight is 266 g/mol. The summed E-state index contributed by atoms with van der Waals surface area (Å²) in [5.41, 5.74) is 0.613. The molecule has 0 aliphatic carbocycles. The lowest BCUT2D eigenvalue weighted by Gasteiger charge is -2.09. The highest BCUT2D eigenvalue weighted by Crippen LogP contribution is 2.27. The smallest absolute Gasteiger partial charge is 0.338 e. The van der Waals surface area contributed by atoms with Gasteiger partial charge in [0.15, 0.2) is 11.6 Å². The van der Waals surface area contributed by atoms with Gasteiger partial charge >= 0.3 is 5.97 Å². The van der Waals surface area contributed by atoms with Gasteiger partial charge in [-0.1, -0.05) is 6.07 Å². The molecule has 0 radical (unpaired) electrons. The minimum absolute atomic E-state index is 0.284. The summed E-state index contributed by atoms with van der Waals surface area (Å²) in [5.74, 6) is -4.33. The van der Waals surface area contributed by atoms with E-state index in [2.05, 4.69) is 0 Å². The Morgan fingerprint density at radius 2 is 1.68 bits per heavy atom. The molecule has 0 aliphatic rings. The van der Waals surface area contributed by atoms with Gasteiger partial charge in [0.05, 0.1) is 5.56 Å². The van der Waals surface area contributed by atoms with Crippen LogP contribution in [0.2, 0.25) is 0 Å². The summed E-state index contributed by atoms with van der Waals surface area (Å²) >= 11 is 0. The van der Waals surface area contributed by atoms with E-state index in [9.17, 15) is 18.0 Å². The van der Waals surface area contributed by atoms with Crippen molar-refractivity contribution in [3.05, 3.63) is 58.9 Å². The average Bonchev–Trinajstić information content (AvgIpc) is 2.35. The fourth-order valence-corrected chi connectivity index (χ4v) is 1.82. The Bertz CT molecular complexity index is 666. The quantitative estimate of drug-likeness (QED) is 0.898. The third kappa shape index (κ3) is 2.45. The van der Waals surface area contributed by atoms with Crippen LogP contribution < -0.4 is 0 Å². The molecule has 98 valence electrons. The molecule has 0 aromatic heterocycles. The second-order valence-corrected chi connectivity index (χ2v) is 4.08. The molecular formula is C14H9F3O2. The SMILES string of the molecule is Cc1cc(C(=O)O)c(F)cc1-c1ccc(F)c(F)c1. The molecule has 2 rings (SSSR count). The van der Waals surface area contributed by atoms with E-state index >= 15 is 0 Å². The summed E-state index contributed by atoms with van der Waals surface area (Å²) in [7, 11) is 0. The number of carboxylic acid groups (broad SMARTS) is 1. The Labute approximate surface area is 107 Å². The summed E-state index contributed by atoms with van der Waals surface area (Å²) in [5, 5.41) is 8.78. The van der Waals surface area contributed by atoms with Crippen LogP contribution >= 0.6 is 0 Å². The van der Waals surface area contributed by atoms with Crippen molar-refractivity contribution in [1.29, 1.82) is 0 Å². The van der Waals surface area contributed by atoms with Gasteiger partial charge in [-0.3, -0.25) is 0 Å². The zero-order chi connectivity index (χ0) is 14.2. The predicted molar refractivity (Wildman–Crippen MR) is 63.4 cm³/mol. The third-order valence-corrected chi connectivity index (χ3v) is 2.78. The molecule has 5 heteroatoms. The van der Waals surface area contributed by atoms with Gasteiger partial charge in [0.1, 0.15) is 5.82 Å². The minimum atomic E-state index is -1.38. The van der Waals surface area contributed by atoms with E-state index < -0.39 is 29.0 Å². The first-order valence-corrected chi connectivity index (χ1v) is 5.39. The van der Waals surface area contributed by atoms with Crippen LogP contribution in [0.5, 0.6) is 0 Å². The minimum Gasteiger partial charge on any atom is -0.478 e. The van der Waals surface area contributed by atoms with Gasteiger partial charge in [-0.15, -0.1) is 0 Å². The second kappa shape index (κ2) is 4.76. The van der Waals surface area contributed by atoms with Gasteiger partial charge in [-0.2, -0.15) is 0 Å².